The Balaban J connectivity index is 1.47. The number of halogens is 1. The third-order valence-electron chi connectivity index (χ3n) is 5.24. The van der Waals surface area contributed by atoms with Crippen molar-refractivity contribution in [2.24, 2.45) is 0 Å². The van der Waals surface area contributed by atoms with Gasteiger partial charge < -0.3 is 20.4 Å². The molecule has 1 aliphatic rings. The van der Waals surface area contributed by atoms with Gasteiger partial charge in [0.25, 0.3) is 0 Å². The fraction of sp³-hybridized carbons (Fsp3) is 0.391. The number of rotatable bonds is 7. The van der Waals surface area contributed by atoms with Crippen LogP contribution >= 0.6 is 0 Å². The maximum atomic E-state index is 13.6. The first-order chi connectivity index (χ1) is 14.6. The van der Waals surface area contributed by atoms with E-state index in [4.69, 9.17) is 0 Å². The molecule has 6 nitrogen and oxygen atoms in total. The minimum atomic E-state index is -0.497. The van der Waals surface area contributed by atoms with Gasteiger partial charge in [-0.15, -0.1) is 0 Å². The fourth-order valence-electron chi connectivity index (χ4n) is 3.50. The van der Waals surface area contributed by atoms with Crippen LogP contribution in [0.3, 0.4) is 0 Å². The van der Waals surface area contributed by atoms with Crippen LogP contribution in [0.5, 0.6) is 0 Å². The smallest absolute Gasteiger partial charge is 0.323 e. The van der Waals surface area contributed by atoms with Gasteiger partial charge in [-0.05, 0) is 42.8 Å². The molecule has 160 valence electrons. The van der Waals surface area contributed by atoms with Crippen molar-refractivity contribution in [3.63, 3.8) is 0 Å². The predicted molar refractivity (Wildman–Crippen MR) is 118 cm³/mol. The minimum Gasteiger partial charge on any atom is -0.368 e. The van der Waals surface area contributed by atoms with Crippen molar-refractivity contribution >= 4 is 29.0 Å². The van der Waals surface area contributed by atoms with Crippen LogP contribution in [0, 0.1) is 5.82 Å². The number of hydrogen-bond donors (Lipinski definition) is 2. The van der Waals surface area contributed by atoms with Gasteiger partial charge in [-0.2, -0.15) is 0 Å². The molecule has 3 rings (SSSR count). The fourth-order valence-corrected chi connectivity index (χ4v) is 3.50. The largest absolute Gasteiger partial charge is 0.368 e. The first-order valence-corrected chi connectivity index (χ1v) is 10.5. The first-order valence-electron chi connectivity index (χ1n) is 10.5. The van der Waals surface area contributed by atoms with Gasteiger partial charge in [0, 0.05) is 44.0 Å². The topological polar surface area (TPSA) is 64.7 Å². The number of urea groups is 1. The van der Waals surface area contributed by atoms with Gasteiger partial charge in [0.1, 0.15) is 5.82 Å². The van der Waals surface area contributed by atoms with Crippen molar-refractivity contribution in [2.45, 2.75) is 32.6 Å². The van der Waals surface area contributed by atoms with Crippen LogP contribution in [0.25, 0.3) is 0 Å². The SMILES string of the molecule is CCCCCC(=O)N1CCN(c2ccc(NC(=O)Nc3ccccc3F)cc2)CC1. The van der Waals surface area contributed by atoms with Gasteiger partial charge in [0.2, 0.25) is 5.91 Å². The standard InChI is InChI=1S/C23H29FN4O2/c1-2-3-4-9-22(29)28-16-14-27(15-17-28)19-12-10-18(11-13-19)25-23(30)26-21-8-6-5-7-20(21)24/h5-8,10-13H,2-4,9,14-17H2,1H3,(H2,25,26,30). The first kappa shape index (κ1) is 21.6. The van der Waals surface area contributed by atoms with Crippen molar-refractivity contribution < 1.29 is 14.0 Å². The molecule has 0 bridgehead atoms. The van der Waals surface area contributed by atoms with E-state index in [9.17, 15) is 14.0 Å². The second-order valence-electron chi connectivity index (χ2n) is 7.43. The lowest BCUT2D eigenvalue weighted by molar-refractivity contribution is -0.131. The molecular weight excluding hydrogens is 383 g/mol. The Labute approximate surface area is 177 Å². The van der Waals surface area contributed by atoms with Gasteiger partial charge in [0.05, 0.1) is 5.69 Å². The Morgan fingerprint density at radius 3 is 2.30 bits per heavy atom. The van der Waals surface area contributed by atoms with Crippen molar-refractivity contribution in [1.82, 2.24) is 4.90 Å². The quantitative estimate of drug-likeness (QED) is 0.648. The second-order valence-corrected chi connectivity index (χ2v) is 7.43. The van der Waals surface area contributed by atoms with Gasteiger partial charge in [-0.3, -0.25) is 4.79 Å². The van der Waals surface area contributed by atoms with E-state index < -0.39 is 11.8 Å². The number of unbranched alkanes of at least 4 members (excludes halogenated alkanes) is 2. The summed E-state index contributed by atoms with van der Waals surface area (Å²) in [5.41, 5.74) is 1.80. The van der Waals surface area contributed by atoms with E-state index in [1.54, 1.807) is 12.1 Å². The third-order valence-corrected chi connectivity index (χ3v) is 5.24. The number of anilines is 3. The van der Waals surface area contributed by atoms with E-state index in [2.05, 4.69) is 22.5 Å². The lowest BCUT2D eigenvalue weighted by Crippen LogP contribution is -2.48. The lowest BCUT2D eigenvalue weighted by Gasteiger charge is -2.36. The summed E-state index contributed by atoms with van der Waals surface area (Å²) in [4.78, 5) is 28.5. The predicted octanol–water partition coefficient (Wildman–Crippen LogP) is 4.70. The van der Waals surface area contributed by atoms with Crippen LogP contribution in [0.1, 0.15) is 32.6 Å². The van der Waals surface area contributed by atoms with E-state index in [-0.39, 0.29) is 11.6 Å². The van der Waals surface area contributed by atoms with E-state index in [1.165, 1.54) is 12.1 Å². The number of benzene rings is 2. The Bertz CT molecular complexity index is 849. The van der Waals surface area contributed by atoms with Gasteiger partial charge in [-0.1, -0.05) is 31.9 Å². The zero-order chi connectivity index (χ0) is 21.3. The molecule has 3 amide bonds. The monoisotopic (exact) mass is 412 g/mol. The molecule has 2 aromatic rings. The summed E-state index contributed by atoms with van der Waals surface area (Å²) in [6, 6.07) is 13.1. The van der Waals surface area contributed by atoms with E-state index in [1.807, 2.05) is 29.2 Å². The van der Waals surface area contributed by atoms with Crippen molar-refractivity contribution in [1.29, 1.82) is 0 Å². The van der Waals surface area contributed by atoms with E-state index in [0.29, 0.717) is 12.1 Å². The number of amides is 3. The van der Waals surface area contributed by atoms with Gasteiger partial charge in [0.15, 0.2) is 0 Å². The highest BCUT2D eigenvalue weighted by atomic mass is 19.1. The van der Waals surface area contributed by atoms with Crippen LogP contribution in [0.15, 0.2) is 48.5 Å². The minimum absolute atomic E-state index is 0.133. The summed E-state index contributed by atoms with van der Waals surface area (Å²) in [5, 5.41) is 5.20. The zero-order valence-corrected chi connectivity index (χ0v) is 17.4. The summed E-state index contributed by atoms with van der Waals surface area (Å²) in [6.07, 6.45) is 3.83. The number of hydrogen-bond acceptors (Lipinski definition) is 3. The summed E-state index contributed by atoms with van der Waals surface area (Å²) in [5.74, 6) is -0.227. The summed E-state index contributed by atoms with van der Waals surface area (Å²) >= 11 is 0. The third kappa shape index (κ3) is 5.95. The van der Waals surface area contributed by atoms with Crippen LogP contribution in [-0.2, 0) is 4.79 Å². The van der Waals surface area contributed by atoms with Crippen molar-refractivity contribution in [3.05, 3.63) is 54.3 Å². The molecule has 0 radical (unpaired) electrons. The number of piperazine rings is 1. The second kappa shape index (κ2) is 10.6. The molecule has 0 aliphatic carbocycles. The molecule has 0 spiro atoms. The molecule has 1 fully saturated rings. The normalized spacial score (nSPS) is 13.8. The highest BCUT2D eigenvalue weighted by Gasteiger charge is 2.20. The van der Waals surface area contributed by atoms with Gasteiger partial charge >= 0.3 is 6.03 Å². The number of carbonyl (C=O) groups is 2. The average Bonchev–Trinajstić information content (AvgIpc) is 2.76. The molecule has 0 unspecified atom stereocenters. The Kier molecular flexibility index (Phi) is 7.65. The number of nitrogens with zero attached hydrogens (tertiary/aromatic N) is 2. The molecule has 1 heterocycles. The number of para-hydroxylation sites is 1. The molecular formula is C23H29FN4O2. The molecule has 1 aliphatic heterocycles. The van der Waals surface area contributed by atoms with Gasteiger partial charge in [-0.25, -0.2) is 9.18 Å². The molecule has 7 heteroatoms. The summed E-state index contributed by atoms with van der Waals surface area (Å²) < 4.78 is 13.6. The van der Waals surface area contributed by atoms with E-state index in [0.717, 1.165) is 51.1 Å². The Morgan fingerprint density at radius 1 is 0.933 bits per heavy atom. The maximum absolute atomic E-state index is 13.6. The molecule has 2 aromatic carbocycles. The Morgan fingerprint density at radius 2 is 1.63 bits per heavy atom. The van der Waals surface area contributed by atoms with Crippen LogP contribution in [0.2, 0.25) is 0 Å². The molecule has 30 heavy (non-hydrogen) atoms. The van der Waals surface area contributed by atoms with E-state index >= 15 is 0 Å². The Hall–Kier alpha value is -3.09. The number of nitrogens with one attached hydrogen (secondary N) is 2. The van der Waals surface area contributed by atoms with Crippen molar-refractivity contribution in [3.8, 4) is 0 Å². The maximum Gasteiger partial charge on any atom is 0.323 e. The molecule has 1 saturated heterocycles. The molecule has 2 N–H and O–H groups in total. The molecule has 0 atom stereocenters. The van der Waals surface area contributed by atoms with Crippen LogP contribution in [-0.4, -0.2) is 43.0 Å². The van der Waals surface area contributed by atoms with Crippen molar-refractivity contribution in [2.75, 3.05) is 41.7 Å². The highest BCUT2D eigenvalue weighted by Crippen LogP contribution is 2.20. The van der Waals surface area contributed by atoms with Crippen LogP contribution < -0.4 is 15.5 Å². The van der Waals surface area contributed by atoms with Crippen LogP contribution in [0.4, 0.5) is 26.2 Å². The lowest BCUT2D eigenvalue weighted by atomic mass is 10.1. The summed E-state index contributed by atoms with van der Waals surface area (Å²) in [6.45, 7) is 5.19. The number of carbonyl (C=O) groups excluding carboxylic acids is 2. The summed E-state index contributed by atoms with van der Waals surface area (Å²) in [7, 11) is 0. The highest BCUT2D eigenvalue weighted by molar-refractivity contribution is 5.99. The molecule has 0 saturated carbocycles. The average molecular weight is 413 g/mol. The molecule has 0 aromatic heterocycles. The zero-order valence-electron chi connectivity index (χ0n) is 17.4.